The Balaban J connectivity index is 2.03. The normalized spacial score (nSPS) is 16.5. The molecule has 1 aromatic rings. The van der Waals surface area contributed by atoms with E-state index in [1.54, 1.807) is 0 Å². The van der Waals surface area contributed by atoms with Crippen molar-refractivity contribution in [2.75, 3.05) is 32.6 Å². The molecule has 0 saturated carbocycles. The SMILES string of the molecule is CN1CCC(C)(C)c2cc3cc4ccc(=[N+](C)C)cc-4[se]c3cc21. The summed E-state index contributed by atoms with van der Waals surface area (Å²) in [5, 5.41) is 2.73. The molecule has 2 aliphatic heterocycles. The molecule has 3 aliphatic rings. The molecule has 0 radical (unpaired) electrons. The first kappa shape index (κ1) is 15.9. The van der Waals surface area contributed by atoms with Gasteiger partial charge in [-0.25, -0.2) is 0 Å². The zero-order valence-corrected chi connectivity index (χ0v) is 16.9. The van der Waals surface area contributed by atoms with Crippen molar-refractivity contribution in [3.05, 3.63) is 47.3 Å². The van der Waals surface area contributed by atoms with Gasteiger partial charge in [0.2, 0.25) is 0 Å². The van der Waals surface area contributed by atoms with Crippen LogP contribution >= 0.6 is 0 Å². The molecule has 0 fully saturated rings. The monoisotopic (exact) mass is 385 g/mol. The molecule has 1 aromatic carbocycles. The Hall–Kier alpha value is -1.57. The van der Waals surface area contributed by atoms with E-state index in [0.717, 1.165) is 6.54 Å². The summed E-state index contributed by atoms with van der Waals surface area (Å²) >= 11 is 0.378. The van der Waals surface area contributed by atoms with Gasteiger partial charge >= 0.3 is 150 Å². The van der Waals surface area contributed by atoms with Crippen molar-refractivity contribution in [2.45, 2.75) is 25.7 Å². The summed E-state index contributed by atoms with van der Waals surface area (Å²) in [4.78, 5) is 2.43. The number of hydrogen-bond acceptors (Lipinski definition) is 1. The van der Waals surface area contributed by atoms with E-state index in [-0.39, 0.29) is 5.41 Å². The van der Waals surface area contributed by atoms with Gasteiger partial charge in [-0.3, -0.25) is 0 Å². The molecule has 0 spiro atoms. The fourth-order valence-electron chi connectivity index (χ4n) is 3.64. The minimum atomic E-state index is 0.271. The van der Waals surface area contributed by atoms with Crippen LogP contribution in [0.25, 0.3) is 19.6 Å². The van der Waals surface area contributed by atoms with E-state index in [0.29, 0.717) is 14.5 Å². The van der Waals surface area contributed by atoms with Gasteiger partial charge in [0, 0.05) is 0 Å². The van der Waals surface area contributed by atoms with E-state index in [4.69, 9.17) is 0 Å². The summed E-state index contributed by atoms with van der Waals surface area (Å²) < 4.78 is 5.21. The zero-order valence-electron chi connectivity index (χ0n) is 15.2. The Kier molecular flexibility index (Phi) is 3.63. The summed E-state index contributed by atoms with van der Waals surface area (Å²) in [7, 11) is 6.46. The zero-order chi connectivity index (χ0) is 17.1. The maximum absolute atomic E-state index is 2.47. The second-order valence-corrected chi connectivity index (χ2v) is 10.1. The van der Waals surface area contributed by atoms with Crippen LogP contribution in [0, 0.1) is 0 Å². The van der Waals surface area contributed by atoms with Gasteiger partial charge in [-0.1, -0.05) is 0 Å². The fraction of sp³-hybridized carbons (Fsp3) is 0.381. The summed E-state index contributed by atoms with van der Waals surface area (Å²) in [5.74, 6) is 0. The predicted molar refractivity (Wildman–Crippen MR) is 106 cm³/mol. The van der Waals surface area contributed by atoms with Gasteiger partial charge in [0.15, 0.2) is 0 Å². The third kappa shape index (κ3) is 2.51. The Morgan fingerprint density at radius 3 is 2.62 bits per heavy atom. The standard InChI is InChI=1S/C21H25N2Se/c1-21(2)8-9-23(5)18-13-20-15(11-17(18)21)10-14-6-7-16(22(3)4)12-19(14)24-20/h6-7,10-13H,8-9H2,1-5H3/q+1. The van der Waals surface area contributed by atoms with Crippen molar-refractivity contribution >= 4 is 29.8 Å². The molecule has 0 unspecified atom stereocenters. The van der Waals surface area contributed by atoms with Crippen LogP contribution in [0.15, 0.2) is 36.4 Å². The molecule has 0 saturated heterocycles. The van der Waals surface area contributed by atoms with Crippen molar-refractivity contribution in [1.82, 2.24) is 4.58 Å². The maximum atomic E-state index is 2.47. The molecule has 24 heavy (non-hydrogen) atoms. The van der Waals surface area contributed by atoms with Crippen LogP contribution in [0.3, 0.4) is 0 Å². The van der Waals surface area contributed by atoms with Gasteiger partial charge in [-0.15, -0.1) is 0 Å². The van der Waals surface area contributed by atoms with Crippen LogP contribution in [-0.4, -0.2) is 42.2 Å². The molecule has 0 amide bonds. The van der Waals surface area contributed by atoms with Gasteiger partial charge in [0.25, 0.3) is 0 Å². The molecule has 3 heteroatoms. The first-order valence-corrected chi connectivity index (χ1v) is 10.3. The topological polar surface area (TPSA) is 6.25 Å². The first-order valence-electron chi connectivity index (χ1n) is 8.59. The Morgan fingerprint density at radius 2 is 1.88 bits per heavy atom. The molecular weight excluding hydrogens is 359 g/mol. The summed E-state index contributed by atoms with van der Waals surface area (Å²) in [6.07, 6.45) is 1.23. The number of hydrogen-bond donors (Lipinski definition) is 0. The molecule has 0 atom stereocenters. The number of anilines is 1. The number of benzene rings is 2. The number of fused-ring (bicyclic) bond motifs is 3. The minimum absolute atomic E-state index is 0.271. The van der Waals surface area contributed by atoms with E-state index in [9.17, 15) is 0 Å². The summed E-state index contributed by atoms with van der Waals surface area (Å²) in [6.45, 7) is 5.92. The van der Waals surface area contributed by atoms with Crippen molar-refractivity contribution in [2.24, 2.45) is 0 Å². The fourth-order valence-corrected chi connectivity index (χ4v) is 5.88. The van der Waals surface area contributed by atoms with Gasteiger partial charge in [-0.05, 0) is 0 Å². The van der Waals surface area contributed by atoms with E-state index < -0.39 is 0 Å². The van der Waals surface area contributed by atoms with E-state index >= 15 is 0 Å². The van der Waals surface area contributed by atoms with Crippen molar-refractivity contribution in [3.63, 3.8) is 0 Å². The van der Waals surface area contributed by atoms with Crippen LogP contribution in [-0.2, 0) is 5.41 Å². The van der Waals surface area contributed by atoms with Crippen LogP contribution < -0.4 is 14.8 Å². The van der Waals surface area contributed by atoms with Crippen LogP contribution in [0.1, 0.15) is 25.8 Å². The van der Waals surface area contributed by atoms with Gasteiger partial charge in [0.05, 0.1) is 0 Å². The van der Waals surface area contributed by atoms with Crippen molar-refractivity contribution in [1.29, 1.82) is 0 Å². The molecule has 0 aromatic heterocycles. The van der Waals surface area contributed by atoms with Crippen LogP contribution in [0.2, 0.25) is 0 Å². The van der Waals surface area contributed by atoms with E-state index in [1.807, 2.05) is 0 Å². The van der Waals surface area contributed by atoms with Crippen molar-refractivity contribution < 1.29 is 0 Å². The Morgan fingerprint density at radius 1 is 1.08 bits per heavy atom. The predicted octanol–water partition coefficient (Wildman–Crippen LogP) is 3.15. The van der Waals surface area contributed by atoms with E-state index in [2.05, 4.69) is 80.9 Å². The number of nitrogens with zero attached hydrogens (tertiary/aromatic N) is 2. The Bertz CT molecular complexity index is 977. The van der Waals surface area contributed by atoms with Gasteiger partial charge in [0.1, 0.15) is 0 Å². The molecule has 2 heterocycles. The Labute approximate surface area is 150 Å². The summed E-state index contributed by atoms with van der Waals surface area (Å²) in [5.41, 5.74) is 4.62. The number of rotatable bonds is 0. The van der Waals surface area contributed by atoms with Gasteiger partial charge in [-0.2, -0.15) is 0 Å². The van der Waals surface area contributed by atoms with E-state index in [1.165, 1.54) is 42.7 Å². The molecule has 0 N–H and O–H groups in total. The second-order valence-electron chi connectivity index (χ2n) is 7.83. The molecule has 1 aliphatic carbocycles. The molecule has 2 nitrogen and oxygen atoms in total. The van der Waals surface area contributed by atoms with Crippen LogP contribution in [0.5, 0.6) is 0 Å². The molecular formula is C21H25N2Se+. The van der Waals surface area contributed by atoms with Crippen LogP contribution in [0.4, 0.5) is 5.69 Å². The third-order valence-corrected chi connectivity index (χ3v) is 7.79. The average molecular weight is 384 g/mol. The summed E-state index contributed by atoms with van der Waals surface area (Å²) in [6, 6.07) is 14.2. The quantitative estimate of drug-likeness (QED) is 0.328. The third-order valence-electron chi connectivity index (χ3n) is 5.39. The first-order chi connectivity index (χ1) is 11.3. The molecule has 0 bridgehead atoms. The molecule has 4 rings (SSSR count). The average Bonchev–Trinajstić information content (AvgIpc) is 2.55. The molecule has 124 valence electrons. The van der Waals surface area contributed by atoms with Gasteiger partial charge < -0.3 is 0 Å². The van der Waals surface area contributed by atoms with Crippen molar-refractivity contribution in [3.8, 4) is 10.0 Å². The second kappa shape index (κ2) is 5.47.